The Bertz CT molecular complexity index is 250. The first-order chi connectivity index (χ1) is 9.15. The van der Waals surface area contributed by atoms with Gasteiger partial charge in [0.25, 0.3) is 0 Å². The molecule has 0 aromatic rings. The predicted octanol–water partition coefficient (Wildman–Crippen LogP) is 4.80. The SMILES string of the molecule is C=C(OCCCCCCOC)C1CCC(C)C(C)C1. The Balaban J connectivity index is 2.04. The van der Waals surface area contributed by atoms with Gasteiger partial charge in [0.1, 0.15) is 0 Å². The first-order valence-electron chi connectivity index (χ1n) is 7.95. The van der Waals surface area contributed by atoms with E-state index >= 15 is 0 Å². The van der Waals surface area contributed by atoms with E-state index in [-0.39, 0.29) is 0 Å². The molecule has 2 nitrogen and oxygen atoms in total. The Hall–Kier alpha value is -0.500. The van der Waals surface area contributed by atoms with Crippen molar-refractivity contribution in [3.63, 3.8) is 0 Å². The second-order valence-corrected chi connectivity index (χ2v) is 6.19. The lowest BCUT2D eigenvalue weighted by Gasteiger charge is -2.32. The van der Waals surface area contributed by atoms with Gasteiger partial charge >= 0.3 is 0 Å². The van der Waals surface area contributed by atoms with Crippen LogP contribution >= 0.6 is 0 Å². The first kappa shape index (κ1) is 16.6. The van der Waals surface area contributed by atoms with Gasteiger partial charge in [0, 0.05) is 19.6 Å². The van der Waals surface area contributed by atoms with E-state index in [2.05, 4.69) is 20.4 Å². The van der Waals surface area contributed by atoms with Crippen LogP contribution in [0.1, 0.15) is 58.8 Å². The number of unbranched alkanes of at least 4 members (excludes halogenated alkanes) is 3. The van der Waals surface area contributed by atoms with Crippen LogP contribution in [0.4, 0.5) is 0 Å². The lowest BCUT2D eigenvalue weighted by Crippen LogP contribution is -2.22. The largest absolute Gasteiger partial charge is 0.498 e. The van der Waals surface area contributed by atoms with Gasteiger partial charge in [0.2, 0.25) is 0 Å². The van der Waals surface area contributed by atoms with Crippen molar-refractivity contribution >= 4 is 0 Å². The Kier molecular flexibility index (Phi) is 8.20. The molecule has 0 aliphatic heterocycles. The summed E-state index contributed by atoms with van der Waals surface area (Å²) < 4.78 is 10.9. The first-order valence-corrected chi connectivity index (χ1v) is 7.95. The molecule has 0 aromatic heterocycles. The van der Waals surface area contributed by atoms with Crippen molar-refractivity contribution in [2.45, 2.75) is 58.8 Å². The van der Waals surface area contributed by atoms with Crippen molar-refractivity contribution in [3.05, 3.63) is 12.3 Å². The lowest BCUT2D eigenvalue weighted by molar-refractivity contribution is 0.129. The van der Waals surface area contributed by atoms with Crippen molar-refractivity contribution in [1.29, 1.82) is 0 Å². The molecule has 0 heterocycles. The molecular formula is C17H32O2. The van der Waals surface area contributed by atoms with Gasteiger partial charge in [-0.3, -0.25) is 0 Å². The molecule has 1 fully saturated rings. The minimum absolute atomic E-state index is 0.597. The van der Waals surface area contributed by atoms with Gasteiger partial charge < -0.3 is 9.47 Å². The highest BCUT2D eigenvalue weighted by Gasteiger charge is 2.26. The quantitative estimate of drug-likeness (QED) is 0.442. The van der Waals surface area contributed by atoms with Gasteiger partial charge in [-0.1, -0.05) is 26.8 Å². The van der Waals surface area contributed by atoms with Crippen LogP contribution in [0.2, 0.25) is 0 Å². The monoisotopic (exact) mass is 268 g/mol. The Morgan fingerprint density at radius 3 is 2.32 bits per heavy atom. The van der Waals surface area contributed by atoms with Crippen molar-refractivity contribution < 1.29 is 9.47 Å². The molecule has 0 bridgehead atoms. The van der Waals surface area contributed by atoms with E-state index in [9.17, 15) is 0 Å². The molecule has 1 saturated carbocycles. The van der Waals surface area contributed by atoms with Crippen LogP contribution in [0.5, 0.6) is 0 Å². The third kappa shape index (κ3) is 6.47. The lowest BCUT2D eigenvalue weighted by atomic mass is 9.75. The number of hydrogen-bond acceptors (Lipinski definition) is 2. The normalized spacial score (nSPS) is 27.2. The molecule has 0 saturated heterocycles. The summed E-state index contributed by atoms with van der Waals surface area (Å²) in [5, 5.41) is 0. The summed E-state index contributed by atoms with van der Waals surface area (Å²) in [6, 6.07) is 0. The zero-order chi connectivity index (χ0) is 14.1. The van der Waals surface area contributed by atoms with Crippen LogP contribution in [-0.4, -0.2) is 20.3 Å². The van der Waals surface area contributed by atoms with Crippen molar-refractivity contribution in [1.82, 2.24) is 0 Å². The number of ether oxygens (including phenoxy) is 2. The molecule has 0 N–H and O–H groups in total. The van der Waals surface area contributed by atoms with E-state index < -0.39 is 0 Å². The molecule has 3 unspecified atom stereocenters. The van der Waals surface area contributed by atoms with Crippen LogP contribution < -0.4 is 0 Å². The molecule has 3 atom stereocenters. The second-order valence-electron chi connectivity index (χ2n) is 6.19. The standard InChI is InChI=1S/C17H32O2/c1-14-9-10-17(13-15(14)2)16(3)19-12-8-6-5-7-11-18-4/h14-15,17H,3,5-13H2,1-2,4H3. The van der Waals surface area contributed by atoms with E-state index in [4.69, 9.17) is 9.47 Å². The summed E-state index contributed by atoms with van der Waals surface area (Å²) in [6.07, 6.45) is 8.62. The summed E-state index contributed by atoms with van der Waals surface area (Å²) in [7, 11) is 1.76. The minimum atomic E-state index is 0.597. The maximum Gasteiger partial charge on any atom is 0.0919 e. The van der Waals surface area contributed by atoms with Gasteiger partial charge in [0.15, 0.2) is 0 Å². The summed E-state index contributed by atoms with van der Waals surface area (Å²) in [5.41, 5.74) is 0. The number of allylic oxidation sites excluding steroid dienone is 1. The van der Waals surface area contributed by atoms with Gasteiger partial charge in [-0.05, 0) is 50.4 Å². The molecule has 1 rings (SSSR count). The Labute approximate surface area is 119 Å². The average Bonchev–Trinajstić information content (AvgIpc) is 2.40. The summed E-state index contributed by atoms with van der Waals surface area (Å²) in [4.78, 5) is 0. The van der Waals surface area contributed by atoms with E-state index in [1.165, 1.54) is 32.1 Å². The molecule has 112 valence electrons. The van der Waals surface area contributed by atoms with E-state index in [1.807, 2.05) is 0 Å². The fraction of sp³-hybridized carbons (Fsp3) is 0.882. The average molecular weight is 268 g/mol. The fourth-order valence-corrected chi connectivity index (χ4v) is 2.86. The van der Waals surface area contributed by atoms with E-state index in [0.29, 0.717) is 5.92 Å². The predicted molar refractivity (Wildman–Crippen MR) is 81.1 cm³/mol. The fourth-order valence-electron chi connectivity index (χ4n) is 2.86. The molecule has 2 heteroatoms. The summed E-state index contributed by atoms with van der Waals surface area (Å²) in [5.74, 6) is 3.31. The number of rotatable bonds is 9. The van der Waals surface area contributed by atoms with E-state index in [1.54, 1.807) is 7.11 Å². The maximum atomic E-state index is 5.85. The van der Waals surface area contributed by atoms with Crippen LogP contribution in [0.15, 0.2) is 12.3 Å². The van der Waals surface area contributed by atoms with Gasteiger partial charge in [-0.25, -0.2) is 0 Å². The van der Waals surface area contributed by atoms with Gasteiger partial charge in [0.05, 0.1) is 12.4 Å². The number of methoxy groups -OCH3 is 1. The third-order valence-electron chi connectivity index (χ3n) is 4.58. The smallest absolute Gasteiger partial charge is 0.0919 e. The Morgan fingerprint density at radius 1 is 1.00 bits per heavy atom. The third-order valence-corrected chi connectivity index (χ3v) is 4.58. The van der Waals surface area contributed by atoms with Crippen LogP contribution in [-0.2, 0) is 9.47 Å². The van der Waals surface area contributed by atoms with Gasteiger partial charge in [-0.2, -0.15) is 0 Å². The van der Waals surface area contributed by atoms with Crippen molar-refractivity contribution in [2.75, 3.05) is 20.3 Å². The second kappa shape index (κ2) is 9.41. The van der Waals surface area contributed by atoms with Crippen LogP contribution in [0, 0.1) is 17.8 Å². The minimum Gasteiger partial charge on any atom is -0.498 e. The van der Waals surface area contributed by atoms with Crippen LogP contribution in [0.3, 0.4) is 0 Å². The molecule has 1 aliphatic rings. The number of hydrogen-bond donors (Lipinski definition) is 0. The molecule has 19 heavy (non-hydrogen) atoms. The van der Waals surface area contributed by atoms with E-state index in [0.717, 1.165) is 43.7 Å². The highest BCUT2D eigenvalue weighted by atomic mass is 16.5. The highest BCUT2D eigenvalue weighted by molar-refractivity contribution is 4.95. The Morgan fingerprint density at radius 2 is 1.68 bits per heavy atom. The molecule has 0 amide bonds. The summed E-state index contributed by atoms with van der Waals surface area (Å²) >= 11 is 0. The van der Waals surface area contributed by atoms with Gasteiger partial charge in [-0.15, -0.1) is 0 Å². The molecule has 1 aliphatic carbocycles. The summed E-state index contributed by atoms with van der Waals surface area (Å²) in [6.45, 7) is 10.6. The highest BCUT2D eigenvalue weighted by Crippen LogP contribution is 2.36. The zero-order valence-corrected chi connectivity index (χ0v) is 13.1. The van der Waals surface area contributed by atoms with Crippen LogP contribution in [0.25, 0.3) is 0 Å². The molecule has 0 spiro atoms. The van der Waals surface area contributed by atoms with Crippen molar-refractivity contribution in [2.24, 2.45) is 17.8 Å². The molecular weight excluding hydrogens is 236 g/mol. The maximum absolute atomic E-state index is 5.85. The molecule has 0 radical (unpaired) electrons. The van der Waals surface area contributed by atoms with Crippen molar-refractivity contribution in [3.8, 4) is 0 Å². The zero-order valence-electron chi connectivity index (χ0n) is 13.1. The topological polar surface area (TPSA) is 18.5 Å². The molecule has 0 aromatic carbocycles.